The zero-order valence-corrected chi connectivity index (χ0v) is 17.6. The summed E-state index contributed by atoms with van der Waals surface area (Å²) >= 11 is 0. The van der Waals surface area contributed by atoms with Crippen LogP contribution in [0.15, 0.2) is 59.7 Å². The largest absolute Gasteiger partial charge is 0.344 e. The number of hydrazone groups is 1. The van der Waals surface area contributed by atoms with Crippen molar-refractivity contribution >= 4 is 33.2 Å². The van der Waals surface area contributed by atoms with E-state index in [2.05, 4.69) is 15.1 Å². The predicted octanol–water partition coefficient (Wildman–Crippen LogP) is 2.41. The van der Waals surface area contributed by atoms with E-state index in [1.807, 2.05) is 30.3 Å². The topological polar surface area (TPSA) is 108 Å². The van der Waals surface area contributed by atoms with Gasteiger partial charge in [0, 0.05) is 18.5 Å². The first-order valence-corrected chi connectivity index (χ1v) is 11.4. The minimum Gasteiger partial charge on any atom is -0.344 e. The Labute approximate surface area is 176 Å². The molecule has 30 heavy (non-hydrogen) atoms. The van der Waals surface area contributed by atoms with Crippen LogP contribution in [0.4, 0.5) is 5.69 Å². The van der Waals surface area contributed by atoms with Gasteiger partial charge in [-0.3, -0.25) is 14.3 Å². The number of amides is 2. The van der Waals surface area contributed by atoms with Gasteiger partial charge in [0.2, 0.25) is 15.9 Å². The molecule has 9 heteroatoms. The van der Waals surface area contributed by atoms with Crippen LogP contribution >= 0.6 is 0 Å². The second-order valence-electron chi connectivity index (χ2n) is 7.18. The summed E-state index contributed by atoms with van der Waals surface area (Å²) in [5.74, 6) is -0.475. The van der Waals surface area contributed by atoms with Crippen LogP contribution in [0.1, 0.15) is 36.9 Å². The van der Waals surface area contributed by atoms with E-state index in [0.717, 1.165) is 17.4 Å². The molecule has 1 atom stereocenters. The number of carbonyl (C=O) groups excluding carboxylic acids is 2. The van der Waals surface area contributed by atoms with Gasteiger partial charge in [-0.1, -0.05) is 42.5 Å². The number of hydrogen-bond acceptors (Lipinski definition) is 5. The molecule has 8 nitrogen and oxygen atoms in total. The summed E-state index contributed by atoms with van der Waals surface area (Å²) in [6, 6.07) is 15.9. The standard InChI is InChI=1S/C21H24N4O4S/c1-15(17-9-6-10-18(13-17)24-30(2,28)29)22-21(27)19-11-12-20(26)25(23-19)14-16-7-4-3-5-8-16/h3-10,13,15,24H,11-12,14H2,1-2H3,(H,22,27). The molecule has 1 heterocycles. The number of sulfonamides is 1. The smallest absolute Gasteiger partial charge is 0.267 e. The fourth-order valence-electron chi connectivity index (χ4n) is 3.09. The third-order valence-corrected chi connectivity index (χ3v) is 5.19. The Hall–Kier alpha value is -3.20. The SMILES string of the molecule is CC(NC(=O)C1=NN(Cc2ccccc2)C(=O)CC1)c1cccc(NS(C)(=O)=O)c1. The lowest BCUT2D eigenvalue weighted by molar-refractivity contribution is -0.132. The van der Waals surface area contributed by atoms with E-state index in [1.54, 1.807) is 31.2 Å². The maximum Gasteiger partial charge on any atom is 0.267 e. The fraction of sp³-hybridized carbons (Fsp3) is 0.286. The van der Waals surface area contributed by atoms with Gasteiger partial charge in [0.15, 0.2) is 0 Å². The lowest BCUT2D eigenvalue weighted by atomic mass is 10.1. The monoisotopic (exact) mass is 428 g/mol. The highest BCUT2D eigenvalue weighted by molar-refractivity contribution is 7.92. The Morgan fingerprint density at radius 2 is 1.87 bits per heavy atom. The van der Waals surface area contributed by atoms with E-state index in [1.165, 1.54) is 5.01 Å². The van der Waals surface area contributed by atoms with E-state index in [0.29, 0.717) is 17.9 Å². The highest BCUT2D eigenvalue weighted by atomic mass is 32.2. The molecule has 158 valence electrons. The Morgan fingerprint density at radius 1 is 1.13 bits per heavy atom. The van der Waals surface area contributed by atoms with Gasteiger partial charge >= 0.3 is 0 Å². The van der Waals surface area contributed by atoms with Gasteiger partial charge in [-0.2, -0.15) is 5.10 Å². The Kier molecular flexibility index (Phi) is 6.51. The summed E-state index contributed by atoms with van der Waals surface area (Å²) in [4.78, 5) is 24.9. The minimum absolute atomic E-state index is 0.122. The van der Waals surface area contributed by atoms with Crippen molar-refractivity contribution in [2.24, 2.45) is 5.10 Å². The molecule has 0 aromatic heterocycles. The van der Waals surface area contributed by atoms with Crippen LogP contribution in [0.25, 0.3) is 0 Å². The van der Waals surface area contributed by atoms with Crippen molar-refractivity contribution in [3.63, 3.8) is 0 Å². The van der Waals surface area contributed by atoms with E-state index in [-0.39, 0.29) is 30.7 Å². The summed E-state index contributed by atoms with van der Waals surface area (Å²) < 4.78 is 25.3. The number of anilines is 1. The summed E-state index contributed by atoms with van der Waals surface area (Å²) in [5, 5.41) is 8.47. The molecule has 0 bridgehead atoms. The molecular weight excluding hydrogens is 404 g/mol. The first-order valence-electron chi connectivity index (χ1n) is 9.51. The molecular formula is C21H24N4O4S. The molecule has 1 aliphatic heterocycles. The molecule has 0 saturated carbocycles. The normalized spacial score (nSPS) is 15.3. The predicted molar refractivity (Wildman–Crippen MR) is 115 cm³/mol. The number of rotatable bonds is 7. The average Bonchev–Trinajstić information content (AvgIpc) is 2.69. The lowest BCUT2D eigenvalue weighted by Crippen LogP contribution is -2.39. The molecule has 2 N–H and O–H groups in total. The van der Waals surface area contributed by atoms with Crippen molar-refractivity contribution < 1.29 is 18.0 Å². The molecule has 2 amide bonds. The molecule has 3 rings (SSSR count). The first-order chi connectivity index (χ1) is 14.2. The van der Waals surface area contributed by atoms with Crippen molar-refractivity contribution in [1.29, 1.82) is 0 Å². The van der Waals surface area contributed by atoms with Crippen molar-refractivity contribution in [2.75, 3.05) is 11.0 Å². The van der Waals surface area contributed by atoms with Crippen LogP contribution in [-0.4, -0.2) is 37.2 Å². The van der Waals surface area contributed by atoms with E-state index >= 15 is 0 Å². The van der Waals surface area contributed by atoms with E-state index in [9.17, 15) is 18.0 Å². The number of benzene rings is 2. The van der Waals surface area contributed by atoms with Gasteiger partial charge in [0.05, 0.1) is 18.8 Å². The lowest BCUT2D eigenvalue weighted by Gasteiger charge is -2.24. The van der Waals surface area contributed by atoms with Crippen molar-refractivity contribution in [3.8, 4) is 0 Å². The molecule has 0 fully saturated rings. The zero-order chi connectivity index (χ0) is 21.7. The molecule has 2 aromatic rings. The number of nitrogens with zero attached hydrogens (tertiary/aromatic N) is 2. The molecule has 0 spiro atoms. The van der Waals surface area contributed by atoms with Gasteiger partial charge < -0.3 is 5.32 Å². The van der Waals surface area contributed by atoms with Crippen LogP contribution in [0, 0.1) is 0 Å². The second-order valence-corrected chi connectivity index (χ2v) is 8.93. The second kappa shape index (κ2) is 9.08. The Morgan fingerprint density at radius 3 is 2.57 bits per heavy atom. The number of carbonyl (C=O) groups is 2. The van der Waals surface area contributed by atoms with Gasteiger partial charge in [0.25, 0.3) is 5.91 Å². The first kappa shape index (κ1) is 21.5. The van der Waals surface area contributed by atoms with Crippen LogP contribution in [0.2, 0.25) is 0 Å². The van der Waals surface area contributed by atoms with Gasteiger partial charge in [-0.25, -0.2) is 13.4 Å². The quantitative estimate of drug-likeness (QED) is 0.706. The highest BCUT2D eigenvalue weighted by Crippen LogP contribution is 2.19. The summed E-state index contributed by atoms with van der Waals surface area (Å²) in [5.41, 5.74) is 2.39. The number of nitrogens with one attached hydrogen (secondary N) is 2. The molecule has 0 radical (unpaired) electrons. The summed E-state index contributed by atoms with van der Waals surface area (Å²) in [7, 11) is -3.39. The van der Waals surface area contributed by atoms with E-state index < -0.39 is 10.0 Å². The third kappa shape index (κ3) is 5.90. The van der Waals surface area contributed by atoms with Crippen molar-refractivity contribution in [3.05, 3.63) is 65.7 Å². The van der Waals surface area contributed by atoms with Gasteiger partial charge in [-0.15, -0.1) is 0 Å². The number of hydrogen-bond donors (Lipinski definition) is 2. The molecule has 1 unspecified atom stereocenters. The van der Waals surface area contributed by atoms with Crippen LogP contribution in [-0.2, 0) is 26.2 Å². The summed E-state index contributed by atoms with van der Waals surface area (Å²) in [6.07, 6.45) is 1.58. The van der Waals surface area contributed by atoms with Crippen LogP contribution in [0.3, 0.4) is 0 Å². The zero-order valence-electron chi connectivity index (χ0n) is 16.8. The maximum atomic E-state index is 12.7. The fourth-order valence-corrected chi connectivity index (χ4v) is 3.65. The van der Waals surface area contributed by atoms with Gasteiger partial charge in [0.1, 0.15) is 5.71 Å². The molecule has 1 aliphatic rings. The van der Waals surface area contributed by atoms with Crippen molar-refractivity contribution in [1.82, 2.24) is 10.3 Å². The van der Waals surface area contributed by atoms with Crippen LogP contribution < -0.4 is 10.0 Å². The Balaban J connectivity index is 1.69. The van der Waals surface area contributed by atoms with Gasteiger partial charge in [-0.05, 0) is 30.2 Å². The van der Waals surface area contributed by atoms with E-state index in [4.69, 9.17) is 0 Å². The maximum absolute atomic E-state index is 12.7. The Bertz CT molecular complexity index is 1070. The van der Waals surface area contributed by atoms with Crippen molar-refractivity contribution in [2.45, 2.75) is 32.4 Å². The average molecular weight is 429 g/mol. The molecule has 0 aliphatic carbocycles. The highest BCUT2D eigenvalue weighted by Gasteiger charge is 2.25. The minimum atomic E-state index is -3.39. The summed E-state index contributed by atoms with van der Waals surface area (Å²) in [6.45, 7) is 2.11. The van der Waals surface area contributed by atoms with Crippen LogP contribution in [0.5, 0.6) is 0 Å². The molecule has 2 aromatic carbocycles. The molecule has 0 saturated heterocycles. The third-order valence-electron chi connectivity index (χ3n) is 4.58.